The first-order valence-corrected chi connectivity index (χ1v) is 9.97. The molecule has 2 aromatic rings. The molecule has 2 N–H and O–H groups in total. The van der Waals surface area contributed by atoms with Gasteiger partial charge in [-0.3, -0.25) is 4.79 Å². The fraction of sp³-hybridized carbons (Fsp3) is 0.421. The molecule has 9 heteroatoms. The molecule has 0 spiro atoms. The van der Waals surface area contributed by atoms with E-state index in [9.17, 15) is 4.79 Å². The molecule has 1 fully saturated rings. The molecule has 1 aliphatic rings. The summed E-state index contributed by atoms with van der Waals surface area (Å²) in [7, 11) is 3.89. The summed E-state index contributed by atoms with van der Waals surface area (Å²) >= 11 is 12.0. The Hall–Kier alpha value is -2.25. The molecule has 0 radical (unpaired) electrons. The van der Waals surface area contributed by atoms with Crippen LogP contribution in [-0.4, -0.2) is 54.5 Å². The third-order valence-electron chi connectivity index (χ3n) is 4.50. The smallest absolute Gasteiger partial charge is 0.229 e. The molecule has 150 valence electrons. The van der Waals surface area contributed by atoms with Gasteiger partial charge in [-0.1, -0.05) is 23.2 Å². The minimum absolute atomic E-state index is 0.254. The van der Waals surface area contributed by atoms with Gasteiger partial charge in [0, 0.05) is 45.8 Å². The predicted octanol–water partition coefficient (Wildman–Crippen LogP) is 4.02. The lowest BCUT2D eigenvalue weighted by atomic mass is 10.3. The standard InChI is InChI=1S/C19H24Cl2N6O/c1-26(2)16-12-23-19(24-13-6-7-14(20)15(21)11-13)25-18(16)22-8-4-10-27-9-3-5-17(27)28/h6-7,11-12H,3-5,8-10H2,1-2H3,(H2,22,23,24,25). The third kappa shape index (κ3) is 5.17. The van der Waals surface area contributed by atoms with E-state index in [1.165, 1.54) is 0 Å². The number of amides is 1. The van der Waals surface area contributed by atoms with Crippen molar-refractivity contribution >= 4 is 52.3 Å². The number of nitrogens with one attached hydrogen (secondary N) is 2. The number of aromatic nitrogens is 2. The highest BCUT2D eigenvalue weighted by molar-refractivity contribution is 6.42. The number of likely N-dealkylation sites (tertiary alicyclic amines) is 1. The highest BCUT2D eigenvalue weighted by atomic mass is 35.5. The molecule has 7 nitrogen and oxygen atoms in total. The van der Waals surface area contributed by atoms with E-state index < -0.39 is 0 Å². The molecule has 0 atom stereocenters. The van der Waals surface area contributed by atoms with Gasteiger partial charge in [0.2, 0.25) is 11.9 Å². The zero-order valence-corrected chi connectivity index (χ0v) is 17.5. The molecule has 1 aliphatic heterocycles. The maximum Gasteiger partial charge on any atom is 0.229 e. The van der Waals surface area contributed by atoms with Gasteiger partial charge in [0.15, 0.2) is 5.82 Å². The van der Waals surface area contributed by atoms with Crippen LogP contribution in [-0.2, 0) is 4.79 Å². The quantitative estimate of drug-likeness (QED) is 0.625. The van der Waals surface area contributed by atoms with Gasteiger partial charge in [0.25, 0.3) is 0 Å². The van der Waals surface area contributed by atoms with E-state index in [1.54, 1.807) is 18.3 Å². The minimum Gasteiger partial charge on any atom is -0.373 e. The van der Waals surface area contributed by atoms with E-state index >= 15 is 0 Å². The number of benzene rings is 1. The summed E-state index contributed by atoms with van der Waals surface area (Å²) in [5, 5.41) is 7.46. The maximum atomic E-state index is 11.7. The van der Waals surface area contributed by atoms with Crippen LogP contribution in [0.2, 0.25) is 10.0 Å². The fourth-order valence-electron chi connectivity index (χ4n) is 3.01. The van der Waals surface area contributed by atoms with Gasteiger partial charge in [-0.15, -0.1) is 0 Å². The number of hydrogen-bond acceptors (Lipinski definition) is 6. The number of rotatable bonds is 8. The van der Waals surface area contributed by atoms with Crippen molar-refractivity contribution in [3.8, 4) is 0 Å². The van der Waals surface area contributed by atoms with Crippen LogP contribution in [0.15, 0.2) is 24.4 Å². The summed E-state index contributed by atoms with van der Waals surface area (Å²) in [6.07, 6.45) is 4.26. The molecule has 1 amide bonds. The summed E-state index contributed by atoms with van der Waals surface area (Å²) in [6.45, 7) is 2.35. The summed E-state index contributed by atoms with van der Waals surface area (Å²) in [4.78, 5) is 24.5. The van der Waals surface area contributed by atoms with Crippen molar-refractivity contribution in [3.05, 3.63) is 34.4 Å². The molecule has 1 aromatic heterocycles. The van der Waals surface area contributed by atoms with Crippen LogP contribution in [0.25, 0.3) is 0 Å². The van der Waals surface area contributed by atoms with Crippen LogP contribution in [0.1, 0.15) is 19.3 Å². The molecule has 0 unspecified atom stereocenters. The van der Waals surface area contributed by atoms with E-state index in [0.29, 0.717) is 29.0 Å². The first kappa shape index (κ1) is 20.5. The Morgan fingerprint density at radius 3 is 2.75 bits per heavy atom. The topological polar surface area (TPSA) is 73.4 Å². The van der Waals surface area contributed by atoms with E-state index in [0.717, 1.165) is 43.1 Å². The van der Waals surface area contributed by atoms with Gasteiger partial charge in [-0.05, 0) is 31.0 Å². The van der Waals surface area contributed by atoms with Gasteiger partial charge < -0.3 is 20.4 Å². The molecule has 1 aromatic carbocycles. The SMILES string of the molecule is CN(C)c1cnc(Nc2ccc(Cl)c(Cl)c2)nc1NCCCN1CCCC1=O. The molecule has 3 rings (SSSR count). The van der Waals surface area contributed by atoms with Gasteiger partial charge in [-0.25, -0.2) is 4.98 Å². The van der Waals surface area contributed by atoms with E-state index in [2.05, 4.69) is 20.6 Å². The monoisotopic (exact) mass is 422 g/mol. The van der Waals surface area contributed by atoms with Crippen molar-refractivity contribution in [2.24, 2.45) is 0 Å². The normalized spacial score (nSPS) is 13.7. The zero-order chi connectivity index (χ0) is 20.1. The lowest BCUT2D eigenvalue weighted by Crippen LogP contribution is -2.27. The number of anilines is 4. The molecule has 28 heavy (non-hydrogen) atoms. The zero-order valence-electron chi connectivity index (χ0n) is 16.0. The second kappa shape index (κ2) is 9.30. The van der Waals surface area contributed by atoms with Crippen LogP contribution in [0.5, 0.6) is 0 Å². The summed E-state index contributed by atoms with van der Waals surface area (Å²) in [5.41, 5.74) is 1.64. The Labute approximate surface area is 175 Å². The van der Waals surface area contributed by atoms with Crippen molar-refractivity contribution < 1.29 is 4.79 Å². The fourth-order valence-corrected chi connectivity index (χ4v) is 3.31. The summed E-state index contributed by atoms with van der Waals surface area (Å²) in [5.74, 6) is 1.45. The lowest BCUT2D eigenvalue weighted by molar-refractivity contribution is -0.127. The molecule has 0 bridgehead atoms. The van der Waals surface area contributed by atoms with Crippen molar-refractivity contribution in [3.63, 3.8) is 0 Å². The van der Waals surface area contributed by atoms with Crippen molar-refractivity contribution in [1.29, 1.82) is 0 Å². The van der Waals surface area contributed by atoms with Gasteiger partial charge in [0.1, 0.15) is 0 Å². The first-order valence-electron chi connectivity index (χ1n) is 9.22. The Morgan fingerprint density at radius 2 is 2.07 bits per heavy atom. The second-order valence-electron chi connectivity index (χ2n) is 6.84. The Morgan fingerprint density at radius 1 is 1.25 bits per heavy atom. The molecular weight excluding hydrogens is 399 g/mol. The van der Waals surface area contributed by atoms with Gasteiger partial charge in [-0.2, -0.15) is 4.98 Å². The van der Waals surface area contributed by atoms with Crippen molar-refractivity contribution in [1.82, 2.24) is 14.9 Å². The van der Waals surface area contributed by atoms with Crippen LogP contribution < -0.4 is 15.5 Å². The van der Waals surface area contributed by atoms with Crippen molar-refractivity contribution in [2.45, 2.75) is 19.3 Å². The Bertz CT molecular complexity index is 845. The molecular formula is C19H24Cl2N6O. The number of halogens is 2. The predicted molar refractivity (Wildman–Crippen MR) is 115 cm³/mol. The van der Waals surface area contributed by atoms with Crippen LogP contribution in [0.3, 0.4) is 0 Å². The Balaban J connectivity index is 1.65. The highest BCUT2D eigenvalue weighted by Gasteiger charge is 2.19. The molecule has 2 heterocycles. The van der Waals surface area contributed by atoms with Crippen molar-refractivity contribution in [2.75, 3.05) is 49.3 Å². The lowest BCUT2D eigenvalue weighted by Gasteiger charge is -2.19. The summed E-state index contributed by atoms with van der Waals surface area (Å²) < 4.78 is 0. The van der Waals surface area contributed by atoms with Crippen LogP contribution in [0, 0.1) is 0 Å². The average molecular weight is 423 g/mol. The highest BCUT2D eigenvalue weighted by Crippen LogP contribution is 2.28. The molecule has 0 saturated carbocycles. The van der Waals surface area contributed by atoms with Gasteiger partial charge in [0.05, 0.1) is 21.9 Å². The van der Waals surface area contributed by atoms with E-state index in [4.69, 9.17) is 23.2 Å². The number of carbonyl (C=O) groups is 1. The molecule has 1 saturated heterocycles. The average Bonchev–Trinajstić information content (AvgIpc) is 3.07. The molecule has 0 aliphatic carbocycles. The second-order valence-corrected chi connectivity index (χ2v) is 7.65. The minimum atomic E-state index is 0.254. The van der Waals surface area contributed by atoms with Crippen LogP contribution >= 0.6 is 23.2 Å². The maximum absolute atomic E-state index is 11.7. The largest absolute Gasteiger partial charge is 0.373 e. The van der Waals surface area contributed by atoms with Gasteiger partial charge >= 0.3 is 0 Å². The summed E-state index contributed by atoms with van der Waals surface area (Å²) in [6, 6.07) is 5.27. The van der Waals surface area contributed by atoms with Crippen LogP contribution in [0.4, 0.5) is 23.1 Å². The number of nitrogens with zero attached hydrogens (tertiary/aromatic N) is 4. The number of carbonyl (C=O) groups excluding carboxylic acids is 1. The third-order valence-corrected chi connectivity index (χ3v) is 5.23. The van der Waals surface area contributed by atoms with E-state index in [-0.39, 0.29) is 5.91 Å². The Kier molecular flexibility index (Phi) is 6.80. The van der Waals surface area contributed by atoms with E-state index in [1.807, 2.05) is 30.0 Å². The number of hydrogen-bond donors (Lipinski definition) is 2. The first-order chi connectivity index (χ1) is 13.4.